The molecule has 35 heavy (non-hydrogen) atoms. The quantitative estimate of drug-likeness (QED) is 0.259. The number of hydrogen-bond donors (Lipinski definition) is 1. The highest BCUT2D eigenvalue weighted by Crippen LogP contribution is 2.32. The summed E-state index contributed by atoms with van der Waals surface area (Å²) >= 11 is 0. The van der Waals surface area contributed by atoms with Gasteiger partial charge in [0.2, 0.25) is 0 Å². The molecule has 0 aromatic heterocycles. The number of rotatable bonds is 8. The predicted molar refractivity (Wildman–Crippen MR) is 153 cm³/mol. The summed E-state index contributed by atoms with van der Waals surface area (Å²) < 4.78 is 0. The molecule has 4 aromatic rings. The highest BCUT2D eigenvalue weighted by atomic mass is 15.0. The number of anilines is 1. The van der Waals surface area contributed by atoms with E-state index in [0.29, 0.717) is 0 Å². The third-order valence-electron chi connectivity index (χ3n) is 7.25. The van der Waals surface area contributed by atoms with Gasteiger partial charge in [0.15, 0.2) is 0 Å². The van der Waals surface area contributed by atoms with Crippen molar-refractivity contribution in [3.8, 4) is 0 Å². The van der Waals surface area contributed by atoms with Crippen molar-refractivity contribution in [2.45, 2.75) is 53.0 Å². The Morgan fingerprint density at radius 3 is 2.03 bits per heavy atom. The SMILES string of the molecule is CCc1ccc(NC(C)(CC)c2ccc(C=C(c3ccccc3)c3ccc(C)c(C)c3)cc2)cc1. The van der Waals surface area contributed by atoms with Crippen LogP contribution in [0.3, 0.4) is 0 Å². The van der Waals surface area contributed by atoms with Gasteiger partial charge in [0.1, 0.15) is 0 Å². The van der Waals surface area contributed by atoms with Crippen LogP contribution in [0.15, 0.2) is 97.1 Å². The molecule has 0 fully saturated rings. The Bertz CT molecular complexity index is 1280. The Labute approximate surface area is 211 Å². The van der Waals surface area contributed by atoms with E-state index in [4.69, 9.17) is 0 Å². The Kier molecular flexibility index (Phi) is 7.56. The van der Waals surface area contributed by atoms with Gasteiger partial charge in [-0.25, -0.2) is 0 Å². The largest absolute Gasteiger partial charge is 0.376 e. The Balaban J connectivity index is 1.66. The molecule has 0 saturated heterocycles. The van der Waals surface area contributed by atoms with Gasteiger partial charge >= 0.3 is 0 Å². The molecule has 0 aliphatic heterocycles. The van der Waals surface area contributed by atoms with E-state index in [1.165, 1.54) is 44.5 Å². The molecule has 4 rings (SSSR count). The Morgan fingerprint density at radius 1 is 0.743 bits per heavy atom. The minimum absolute atomic E-state index is 0.133. The molecule has 4 aromatic carbocycles. The number of nitrogens with one attached hydrogen (secondary N) is 1. The van der Waals surface area contributed by atoms with Gasteiger partial charge in [-0.1, -0.05) is 98.8 Å². The summed E-state index contributed by atoms with van der Waals surface area (Å²) in [6.45, 7) is 11.1. The molecule has 1 nitrogen and oxygen atoms in total. The first-order valence-corrected chi connectivity index (χ1v) is 12.7. The fourth-order valence-corrected chi connectivity index (χ4v) is 4.48. The third kappa shape index (κ3) is 5.74. The summed E-state index contributed by atoms with van der Waals surface area (Å²) in [5.74, 6) is 0. The van der Waals surface area contributed by atoms with Gasteiger partial charge in [-0.15, -0.1) is 0 Å². The van der Waals surface area contributed by atoms with Crippen LogP contribution in [0.5, 0.6) is 0 Å². The molecule has 1 unspecified atom stereocenters. The van der Waals surface area contributed by atoms with E-state index in [1.54, 1.807) is 0 Å². The van der Waals surface area contributed by atoms with Gasteiger partial charge in [-0.2, -0.15) is 0 Å². The zero-order chi connectivity index (χ0) is 24.8. The second-order valence-electron chi connectivity index (χ2n) is 9.71. The van der Waals surface area contributed by atoms with Gasteiger partial charge in [0.05, 0.1) is 5.54 Å². The molecular weight excluding hydrogens is 422 g/mol. The maximum atomic E-state index is 3.78. The average Bonchev–Trinajstić information content (AvgIpc) is 2.90. The van der Waals surface area contributed by atoms with Crippen LogP contribution in [0, 0.1) is 13.8 Å². The van der Waals surface area contributed by atoms with E-state index >= 15 is 0 Å². The van der Waals surface area contributed by atoms with E-state index in [0.717, 1.165) is 18.5 Å². The smallest absolute Gasteiger partial charge is 0.0594 e. The van der Waals surface area contributed by atoms with E-state index in [1.807, 2.05) is 0 Å². The summed E-state index contributed by atoms with van der Waals surface area (Å²) in [5.41, 5.74) is 11.3. The molecule has 0 spiro atoms. The van der Waals surface area contributed by atoms with Crippen LogP contribution in [0.4, 0.5) is 5.69 Å². The molecule has 0 bridgehead atoms. The fraction of sp³-hybridized carbons (Fsp3) is 0.235. The molecule has 0 heterocycles. The van der Waals surface area contributed by atoms with Crippen LogP contribution < -0.4 is 5.32 Å². The van der Waals surface area contributed by atoms with Crippen molar-refractivity contribution < 1.29 is 0 Å². The van der Waals surface area contributed by atoms with Crippen molar-refractivity contribution in [3.05, 3.63) is 136 Å². The van der Waals surface area contributed by atoms with Gasteiger partial charge in [-0.05, 0) is 96.3 Å². The maximum absolute atomic E-state index is 3.78. The second-order valence-corrected chi connectivity index (χ2v) is 9.71. The van der Waals surface area contributed by atoms with Crippen molar-refractivity contribution in [1.29, 1.82) is 0 Å². The molecule has 0 radical (unpaired) electrons. The zero-order valence-electron chi connectivity index (χ0n) is 21.7. The average molecular weight is 460 g/mol. The minimum atomic E-state index is -0.133. The highest BCUT2D eigenvalue weighted by Gasteiger charge is 2.24. The zero-order valence-corrected chi connectivity index (χ0v) is 21.7. The van der Waals surface area contributed by atoms with Crippen molar-refractivity contribution in [2.24, 2.45) is 0 Å². The van der Waals surface area contributed by atoms with Crippen LogP contribution in [-0.2, 0) is 12.0 Å². The number of benzene rings is 4. The molecule has 178 valence electrons. The van der Waals surface area contributed by atoms with Crippen molar-refractivity contribution >= 4 is 17.3 Å². The van der Waals surface area contributed by atoms with E-state index in [9.17, 15) is 0 Å². The van der Waals surface area contributed by atoms with Crippen LogP contribution in [-0.4, -0.2) is 0 Å². The first-order valence-electron chi connectivity index (χ1n) is 12.7. The van der Waals surface area contributed by atoms with Crippen LogP contribution in [0.1, 0.15) is 66.1 Å². The van der Waals surface area contributed by atoms with Gasteiger partial charge in [0.25, 0.3) is 0 Å². The summed E-state index contributed by atoms with van der Waals surface area (Å²) in [7, 11) is 0. The molecule has 0 amide bonds. The predicted octanol–water partition coefficient (Wildman–Crippen LogP) is 9.19. The lowest BCUT2D eigenvalue weighted by Crippen LogP contribution is -2.31. The van der Waals surface area contributed by atoms with E-state index < -0.39 is 0 Å². The number of aryl methyl sites for hydroxylation is 3. The van der Waals surface area contributed by atoms with E-state index in [-0.39, 0.29) is 5.54 Å². The third-order valence-corrected chi connectivity index (χ3v) is 7.25. The van der Waals surface area contributed by atoms with Crippen LogP contribution in [0.25, 0.3) is 11.6 Å². The van der Waals surface area contributed by atoms with Crippen LogP contribution in [0.2, 0.25) is 0 Å². The van der Waals surface area contributed by atoms with Gasteiger partial charge in [0, 0.05) is 5.69 Å². The molecule has 1 heteroatoms. The monoisotopic (exact) mass is 459 g/mol. The first kappa shape index (κ1) is 24.5. The van der Waals surface area contributed by atoms with Crippen LogP contribution >= 0.6 is 0 Å². The Hall–Kier alpha value is -3.58. The number of hydrogen-bond acceptors (Lipinski definition) is 1. The summed E-state index contributed by atoms with van der Waals surface area (Å²) in [6, 6.07) is 35.3. The normalized spacial score (nSPS) is 13.3. The van der Waals surface area contributed by atoms with Crippen molar-refractivity contribution in [1.82, 2.24) is 0 Å². The molecule has 0 saturated carbocycles. The lowest BCUT2D eigenvalue weighted by molar-refractivity contribution is 0.523. The fourth-order valence-electron chi connectivity index (χ4n) is 4.48. The molecule has 0 aliphatic rings. The lowest BCUT2D eigenvalue weighted by Gasteiger charge is -2.32. The molecule has 1 N–H and O–H groups in total. The highest BCUT2D eigenvalue weighted by molar-refractivity contribution is 5.91. The van der Waals surface area contributed by atoms with Gasteiger partial charge in [-0.3, -0.25) is 0 Å². The first-order chi connectivity index (χ1) is 16.9. The van der Waals surface area contributed by atoms with E-state index in [2.05, 4.69) is 143 Å². The summed E-state index contributed by atoms with van der Waals surface area (Å²) in [5, 5.41) is 3.78. The minimum Gasteiger partial charge on any atom is -0.376 e. The summed E-state index contributed by atoms with van der Waals surface area (Å²) in [4.78, 5) is 0. The second kappa shape index (κ2) is 10.8. The van der Waals surface area contributed by atoms with Gasteiger partial charge < -0.3 is 5.32 Å². The maximum Gasteiger partial charge on any atom is 0.0594 e. The summed E-state index contributed by atoms with van der Waals surface area (Å²) in [6.07, 6.45) is 4.37. The van der Waals surface area contributed by atoms with Crippen molar-refractivity contribution in [3.63, 3.8) is 0 Å². The topological polar surface area (TPSA) is 12.0 Å². The molecule has 0 aliphatic carbocycles. The molecule has 1 atom stereocenters. The Morgan fingerprint density at radius 2 is 1.43 bits per heavy atom. The lowest BCUT2D eigenvalue weighted by atomic mass is 9.87. The standard InChI is InChI=1S/C34H37N/c1-6-27-16-21-32(22-17-27)35-34(5,7-2)31-19-14-28(15-20-31)24-33(29-11-9-8-10-12-29)30-18-13-25(3)26(4)23-30/h8-24,35H,6-7H2,1-5H3. The van der Waals surface area contributed by atoms with Crippen molar-refractivity contribution in [2.75, 3.05) is 5.32 Å². The molecular formula is C34H37N.